The first-order valence-corrected chi connectivity index (χ1v) is 13.8. The number of likely N-dealkylation sites (N-methyl/N-ethyl adjacent to an activating group) is 1. The summed E-state index contributed by atoms with van der Waals surface area (Å²) in [6.07, 6.45) is 10.3. The lowest BCUT2D eigenvalue weighted by molar-refractivity contribution is 0.145. The number of rotatable bonds is 10. The van der Waals surface area contributed by atoms with E-state index >= 15 is 0 Å². The van der Waals surface area contributed by atoms with Crippen molar-refractivity contribution < 1.29 is 4.74 Å². The lowest BCUT2D eigenvalue weighted by Crippen LogP contribution is -2.44. The average Bonchev–Trinajstić information content (AvgIpc) is 3.62. The molecule has 1 N–H and O–H groups in total. The van der Waals surface area contributed by atoms with Crippen LogP contribution in [0.5, 0.6) is 5.75 Å². The minimum atomic E-state index is 0.659. The van der Waals surface area contributed by atoms with Crippen LogP contribution in [0.3, 0.4) is 0 Å². The molecule has 1 aliphatic rings. The molecule has 10 heteroatoms. The van der Waals surface area contributed by atoms with Gasteiger partial charge in [0, 0.05) is 76.4 Å². The van der Waals surface area contributed by atoms with Gasteiger partial charge in [0.2, 0.25) is 0 Å². The standard InChI is InChI=1S/C30H35N9O/c1-36-11-13-38(14-12-36)9-3-15-40-26-8-10-39-28(20-32-30(39)16-26)27-17-29(34-22-33-27)31-18-23-4-6-24(7-5-23)25-19-35-37(2)21-25/h4-8,10,16-17,19-22H,3,9,11-15,18H2,1-2H3,(H,31,33,34). The van der Waals surface area contributed by atoms with Crippen molar-refractivity contribution >= 4 is 11.5 Å². The molecule has 1 aromatic carbocycles. The topological polar surface area (TPSA) is 88.6 Å². The number of nitrogens with one attached hydrogen (secondary N) is 1. The predicted molar refractivity (Wildman–Crippen MR) is 156 cm³/mol. The molecule has 0 unspecified atom stereocenters. The lowest BCUT2D eigenvalue weighted by Gasteiger charge is -2.32. The summed E-state index contributed by atoms with van der Waals surface area (Å²) < 4.78 is 9.88. The van der Waals surface area contributed by atoms with E-state index in [4.69, 9.17) is 4.74 Å². The zero-order valence-corrected chi connectivity index (χ0v) is 23.1. The van der Waals surface area contributed by atoms with Crippen molar-refractivity contribution in [3.8, 4) is 28.3 Å². The number of piperazine rings is 1. The van der Waals surface area contributed by atoms with Gasteiger partial charge in [-0.25, -0.2) is 15.0 Å². The van der Waals surface area contributed by atoms with E-state index < -0.39 is 0 Å². The Morgan fingerprint density at radius 2 is 1.75 bits per heavy atom. The van der Waals surface area contributed by atoms with Gasteiger partial charge in [0.25, 0.3) is 0 Å². The van der Waals surface area contributed by atoms with E-state index in [9.17, 15) is 0 Å². The van der Waals surface area contributed by atoms with Crippen LogP contribution >= 0.6 is 0 Å². The van der Waals surface area contributed by atoms with Crippen LogP contribution in [0.25, 0.3) is 28.2 Å². The van der Waals surface area contributed by atoms with Crippen LogP contribution in [0.15, 0.2) is 73.6 Å². The molecule has 1 fully saturated rings. The minimum absolute atomic E-state index is 0.659. The first-order valence-electron chi connectivity index (χ1n) is 13.8. The molecule has 5 heterocycles. The number of hydrogen-bond acceptors (Lipinski definition) is 8. The summed E-state index contributed by atoms with van der Waals surface area (Å²) in [6.45, 7) is 6.99. The summed E-state index contributed by atoms with van der Waals surface area (Å²) in [4.78, 5) is 18.4. The van der Waals surface area contributed by atoms with Crippen LogP contribution in [-0.2, 0) is 13.6 Å². The van der Waals surface area contributed by atoms with Gasteiger partial charge in [0.15, 0.2) is 0 Å². The minimum Gasteiger partial charge on any atom is -0.493 e. The monoisotopic (exact) mass is 537 g/mol. The van der Waals surface area contributed by atoms with Crippen molar-refractivity contribution in [2.45, 2.75) is 13.0 Å². The number of anilines is 1. The molecular weight excluding hydrogens is 502 g/mol. The fourth-order valence-corrected chi connectivity index (χ4v) is 4.96. The van der Waals surface area contributed by atoms with Gasteiger partial charge in [-0.15, -0.1) is 0 Å². The fraction of sp³-hybridized carbons (Fsp3) is 0.333. The Labute approximate surface area is 234 Å². The summed E-state index contributed by atoms with van der Waals surface area (Å²) >= 11 is 0. The second-order valence-corrected chi connectivity index (χ2v) is 10.3. The Balaban J connectivity index is 1.05. The van der Waals surface area contributed by atoms with Crippen molar-refractivity contribution in [3.63, 3.8) is 0 Å². The van der Waals surface area contributed by atoms with Gasteiger partial charge in [-0.1, -0.05) is 24.3 Å². The Kier molecular flexibility index (Phi) is 7.69. The molecular formula is C30H35N9O. The number of hydrogen-bond donors (Lipinski definition) is 1. The highest BCUT2D eigenvalue weighted by atomic mass is 16.5. The SMILES string of the molecule is CN1CCN(CCCOc2ccn3c(-c4cc(NCc5ccc(-c6cnn(C)c6)cc5)ncn4)cnc3c2)CC1. The van der Waals surface area contributed by atoms with Crippen LogP contribution in [0.1, 0.15) is 12.0 Å². The van der Waals surface area contributed by atoms with Crippen LogP contribution < -0.4 is 10.1 Å². The van der Waals surface area contributed by atoms with Crippen LogP contribution in [0.2, 0.25) is 0 Å². The van der Waals surface area contributed by atoms with E-state index in [0.717, 1.165) is 78.9 Å². The van der Waals surface area contributed by atoms with E-state index in [1.165, 1.54) is 5.56 Å². The molecule has 1 aliphatic heterocycles. The molecule has 1 saturated heterocycles. The number of ether oxygens (including phenoxy) is 1. The molecule has 6 rings (SSSR count). The maximum absolute atomic E-state index is 6.04. The number of nitrogens with zero attached hydrogens (tertiary/aromatic N) is 8. The van der Waals surface area contributed by atoms with Gasteiger partial charge in [-0.3, -0.25) is 9.08 Å². The molecule has 5 aromatic rings. The third-order valence-electron chi connectivity index (χ3n) is 7.36. The molecule has 206 valence electrons. The highest BCUT2D eigenvalue weighted by Crippen LogP contribution is 2.24. The van der Waals surface area contributed by atoms with Gasteiger partial charge in [0.1, 0.15) is 23.5 Å². The maximum atomic E-state index is 6.04. The molecule has 0 saturated carbocycles. The van der Waals surface area contributed by atoms with E-state index in [2.05, 4.69) is 66.5 Å². The third-order valence-corrected chi connectivity index (χ3v) is 7.36. The Morgan fingerprint density at radius 1 is 0.900 bits per heavy atom. The Bertz CT molecular complexity index is 1550. The molecule has 40 heavy (non-hydrogen) atoms. The molecule has 0 atom stereocenters. The molecule has 0 amide bonds. The van der Waals surface area contributed by atoms with Crippen LogP contribution in [-0.4, -0.2) is 85.3 Å². The van der Waals surface area contributed by atoms with E-state index in [1.54, 1.807) is 6.33 Å². The second-order valence-electron chi connectivity index (χ2n) is 10.3. The molecule has 4 aromatic heterocycles. The van der Waals surface area contributed by atoms with Crippen LogP contribution in [0, 0.1) is 0 Å². The largest absolute Gasteiger partial charge is 0.493 e. The van der Waals surface area contributed by atoms with Crippen LogP contribution in [0.4, 0.5) is 5.82 Å². The van der Waals surface area contributed by atoms with Crippen molar-refractivity contribution in [2.24, 2.45) is 7.05 Å². The van der Waals surface area contributed by atoms with Gasteiger partial charge < -0.3 is 19.9 Å². The van der Waals surface area contributed by atoms with Gasteiger partial charge in [-0.05, 0) is 30.7 Å². The first kappa shape index (κ1) is 26.0. The van der Waals surface area contributed by atoms with E-state index in [-0.39, 0.29) is 0 Å². The molecule has 0 bridgehead atoms. The van der Waals surface area contributed by atoms with Crippen molar-refractivity contribution in [3.05, 3.63) is 79.1 Å². The van der Waals surface area contributed by atoms with E-state index in [0.29, 0.717) is 13.2 Å². The zero-order chi connectivity index (χ0) is 27.3. The molecule has 0 radical (unpaired) electrons. The number of benzene rings is 1. The van der Waals surface area contributed by atoms with Crippen molar-refractivity contribution in [1.82, 2.24) is 38.9 Å². The summed E-state index contributed by atoms with van der Waals surface area (Å²) in [5.74, 6) is 1.60. The van der Waals surface area contributed by atoms with Gasteiger partial charge in [-0.2, -0.15) is 5.10 Å². The van der Waals surface area contributed by atoms with Crippen molar-refractivity contribution in [1.29, 1.82) is 0 Å². The summed E-state index contributed by atoms with van der Waals surface area (Å²) in [6, 6.07) is 14.4. The van der Waals surface area contributed by atoms with E-state index in [1.807, 2.05) is 59.1 Å². The fourth-order valence-electron chi connectivity index (χ4n) is 4.96. The summed E-state index contributed by atoms with van der Waals surface area (Å²) in [7, 11) is 4.11. The molecule has 0 spiro atoms. The summed E-state index contributed by atoms with van der Waals surface area (Å²) in [5, 5.41) is 7.67. The predicted octanol–water partition coefficient (Wildman–Crippen LogP) is 3.82. The second kappa shape index (κ2) is 11.8. The molecule has 10 nitrogen and oxygen atoms in total. The zero-order valence-electron chi connectivity index (χ0n) is 23.1. The lowest BCUT2D eigenvalue weighted by atomic mass is 10.1. The summed E-state index contributed by atoms with van der Waals surface area (Å²) in [5.41, 5.74) is 5.95. The van der Waals surface area contributed by atoms with Crippen molar-refractivity contribution in [2.75, 3.05) is 51.7 Å². The first-order chi connectivity index (χ1) is 19.6. The Hall–Kier alpha value is -4.28. The number of aromatic nitrogens is 6. The average molecular weight is 538 g/mol. The maximum Gasteiger partial charge on any atom is 0.140 e. The van der Waals surface area contributed by atoms with Gasteiger partial charge in [0.05, 0.1) is 30.4 Å². The number of fused-ring (bicyclic) bond motifs is 1. The normalized spacial score (nSPS) is 14.6. The third kappa shape index (κ3) is 6.13. The number of pyridine rings is 1. The molecule has 0 aliphatic carbocycles. The van der Waals surface area contributed by atoms with Gasteiger partial charge >= 0.3 is 0 Å². The quantitative estimate of drug-likeness (QED) is 0.269. The smallest absolute Gasteiger partial charge is 0.140 e. The Morgan fingerprint density at radius 3 is 2.55 bits per heavy atom. The number of imidazole rings is 1. The highest BCUT2D eigenvalue weighted by molar-refractivity contribution is 5.64. The highest BCUT2D eigenvalue weighted by Gasteiger charge is 2.13. The number of aryl methyl sites for hydroxylation is 1.